The van der Waals surface area contributed by atoms with Crippen LogP contribution in [0.15, 0.2) is 45.8 Å². The Morgan fingerprint density at radius 1 is 1.14 bits per heavy atom. The third kappa shape index (κ3) is 8.06. The van der Waals surface area contributed by atoms with Crippen molar-refractivity contribution in [2.45, 2.75) is 19.3 Å². The molecule has 2 aromatic rings. The lowest BCUT2D eigenvalue weighted by atomic mass is 10.2. The van der Waals surface area contributed by atoms with Crippen molar-refractivity contribution in [3.05, 3.63) is 53.5 Å². The number of halogens is 4. The van der Waals surface area contributed by atoms with Gasteiger partial charge in [0.15, 0.2) is 18.3 Å². The highest BCUT2D eigenvalue weighted by atomic mass is 127. The molecule has 0 fully saturated rings. The summed E-state index contributed by atoms with van der Waals surface area (Å²) in [6, 6.07) is 9.34. The summed E-state index contributed by atoms with van der Waals surface area (Å²) in [5.41, 5.74) is 5.94. The van der Waals surface area contributed by atoms with Crippen LogP contribution in [0.5, 0.6) is 5.75 Å². The smallest absolute Gasteiger partial charge is 0.422 e. The number of hydrogen-bond acceptors (Lipinski definition) is 4. The first-order valence-corrected chi connectivity index (χ1v) is 7.88. The molecule has 1 aromatic carbocycles. The van der Waals surface area contributed by atoms with Crippen molar-refractivity contribution in [3.63, 3.8) is 0 Å². The van der Waals surface area contributed by atoms with E-state index < -0.39 is 18.7 Å². The van der Waals surface area contributed by atoms with E-state index in [9.17, 15) is 18.0 Å². The number of ether oxygens (including phenoxy) is 1. The number of alkyl halides is 3. The van der Waals surface area contributed by atoms with E-state index in [2.05, 4.69) is 20.4 Å². The largest absolute Gasteiger partial charge is 0.484 e. The Labute approximate surface area is 176 Å². The molecule has 28 heavy (non-hydrogen) atoms. The molecule has 7 nitrogen and oxygen atoms in total. The summed E-state index contributed by atoms with van der Waals surface area (Å²) in [4.78, 5) is 15.0. The van der Waals surface area contributed by atoms with Crippen molar-refractivity contribution in [3.8, 4) is 5.75 Å². The number of guanidine groups is 1. The molecule has 2 rings (SSSR count). The van der Waals surface area contributed by atoms with Crippen LogP contribution in [0.1, 0.15) is 21.9 Å². The van der Waals surface area contributed by atoms with Crippen molar-refractivity contribution in [2.24, 2.45) is 10.7 Å². The minimum atomic E-state index is -4.37. The number of amides is 1. The second-order valence-corrected chi connectivity index (χ2v) is 5.46. The highest BCUT2D eigenvalue weighted by molar-refractivity contribution is 14.0. The number of furan rings is 1. The average molecular weight is 512 g/mol. The van der Waals surface area contributed by atoms with E-state index >= 15 is 0 Å². The van der Waals surface area contributed by atoms with E-state index in [1.807, 2.05) is 0 Å². The molecule has 1 amide bonds. The fourth-order valence-electron chi connectivity index (χ4n) is 2.05. The molecule has 0 saturated heterocycles. The van der Waals surface area contributed by atoms with Gasteiger partial charge in [-0.05, 0) is 29.8 Å². The maximum atomic E-state index is 12.1. The molecule has 154 valence electrons. The number of nitrogens with zero attached hydrogens (tertiary/aromatic N) is 1. The molecule has 0 aliphatic rings. The number of nitrogens with two attached hydrogens (primary N) is 1. The van der Waals surface area contributed by atoms with Gasteiger partial charge in [0.1, 0.15) is 11.5 Å². The molecular weight excluding hydrogens is 492 g/mol. The molecule has 1 aromatic heterocycles. The van der Waals surface area contributed by atoms with E-state index in [4.69, 9.17) is 10.2 Å². The molecule has 1 heterocycles. The lowest BCUT2D eigenvalue weighted by Crippen LogP contribution is -2.36. The van der Waals surface area contributed by atoms with Gasteiger partial charge in [0.05, 0.1) is 6.54 Å². The van der Waals surface area contributed by atoms with Crippen LogP contribution in [0.3, 0.4) is 0 Å². The third-order valence-corrected chi connectivity index (χ3v) is 3.34. The predicted octanol–water partition coefficient (Wildman–Crippen LogP) is 2.80. The zero-order valence-electron chi connectivity index (χ0n) is 14.9. The number of nitrogens with one attached hydrogen (secondary N) is 2. The Balaban J connectivity index is 0.00000392. The highest BCUT2D eigenvalue weighted by Gasteiger charge is 2.28. The summed E-state index contributed by atoms with van der Waals surface area (Å²) < 4.78 is 46.3. The number of hydrogen-bond donors (Lipinski definition) is 3. The fraction of sp³-hybridized carbons (Fsp3) is 0.294. The Morgan fingerprint density at radius 3 is 2.32 bits per heavy atom. The van der Waals surface area contributed by atoms with Crippen molar-refractivity contribution in [1.29, 1.82) is 0 Å². The fourth-order valence-corrected chi connectivity index (χ4v) is 2.05. The SMILES string of the molecule is CN=C(NCc1ccc(OCC(F)(F)F)cc1)NCc1ccc(C(N)=O)o1.I. The van der Waals surface area contributed by atoms with Crippen LogP contribution in [-0.4, -0.2) is 31.7 Å². The van der Waals surface area contributed by atoms with Gasteiger partial charge in [0.25, 0.3) is 5.91 Å². The first-order chi connectivity index (χ1) is 12.8. The molecular formula is C17H20F3IN4O3. The zero-order valence-corrected chi connectivity index (χ0v) is 17.2. The van der Waals surface area contributed by atoms with Crippen molar-refractivity contribution in [1.82, 2.24) is 10.6 Å². The van der Waals surface area contributed by atoms with E-state index in [-0.39, 0.29) is 42.0 Å². The Morgan fingerprint density at radius 2 is 1.79 bits per heavy atom. The van der Waals surface area contributed by atoms with Crippen molar-refractivity contribution >= 4 is 35.8 Å². The molecule has 0 unspecified atom stereocenters. The highest BCUT2D eigenvalue weighted by Crippen LogP contribution is 2.18. The number of primary amides is 1. The number of carbonyl (C=O) groups is 1. The van der Waals surface area contributed by atoms with Gasteiger partial charge in [-0.2, -0.15) is 13.2 Å². The van der Waals surface area contributed by atoms with E-state index in [1.165, 1.54) is 18.2 Å². The summed E-state index contributed by atoms with van der Waals surface area (Å²) in [6.45, 7) is -0.646. The van der Waals surface area contributed by atoms with Gasteiger partial charge >= 0.3 is 6.18 Å². The van der Waals surface area contributed by atoms with Gasteiger partial charge in [-0.1, -0.05) is 12.1 Å². The molecule has 0 aliphatic carbocycles. The summed E-state index contributed by atoms with van der Waals surface area (Å²) >= 11 is 0. The van der Waals surface area contributed by atoms with Crippen LogP contribution < -0.4 is 21.1 Å². The quantitative estimate of drug-likeness (QED) is 0.301. The van der Waals surface area contributed by atoms with Crippen LogP contribution in [0.2, 0.25) is 0 Å². The summed E-state index contributed by atoms with van der Waals surface area (Å²) in [5.74, 6) is 0.554. The van der Waals surface area contributed by atoms with Gasteiger partial charge in [-0.3, -0.25) is 9.79 Å². The second kappa shape index (κ2) is 10.8. The lowest BCUT2D eigenvalue weighted by molar-refractivity contribution is -0.153. The second-order valence-electron chi connectivity index (χ2n) is 5.46. The number of rotatable bonds is 7. The van der Waals surface area contributed by atoms with Gasteiger partial charge in [-0.25, -0.2) is 0 Å². The van der Waals surface area contributed by atoms with Crippen LogP contribution in [0, 0.1) is 0 Å². The summed E-state index contributed by atoms with van der Waals surface area (Å²) in [7, 11) is 1.58. The minimum absolute atomic E-state index is 0. The van der Waals surface area contributed by atoms with E-state index in [0.717, 1.165) is 5.56 Å². The number of carbonyl (C=O) groups excluding carboxylic acids is 1. The first-order valence-electron chi connectivity index (χ1n) is 7.88. The van der Waals surface area contributed by atoms with Crippen LogP contribution in [-0.2, 0) is 13.1 Å². The molecule has 0 saturated carbocycles. The molecule has 4 N–H and O–H groups in total. The van der Waals surface area contributed by atoms with Gasteiger partial charge in [0, 0.05) is 13.6 Å². The Hall–Kier alpha value is -2.44. The first kappa shape index (κ1) is 23.6. The predicted molar refractivity (Wildman–Crippen MR) is 108 cm³/mol. The standard InChI is InChI=1S/C17H19F3N4O3.HI/c1-22-16(24-9-13-6-7-14(27-13)15(21)25)23-8-11-2-4-12(5-3-11)26-10-17(18,19)20;/h2-7H,8-10H2,1H3,(H2,21,25)(H2,22,23,24);1H. The molecule has 0 aliphatic heterocycles. The molecule has 11 heteroatoms. The monoisotopic (exact) mass is 512 g/mol. The van der Waals surface area contributed by atoms with E-state index in [0.29, 0.717) is 18.3 Å². The topological polar surface area (TPSA) is 102 Å². The Bertz CT molecular complexity index is 792. The minimum Gasteiger partial charge on any atom is -0.484 e. The van der Waals surface area contributed by atoms with Crippen LogP contribution >= 0.6 is 24.0 Å². The maximum Gasteiger partial charge on any atom is 0.422 e. The van der Waals surface area contributed by atoms with Crippen LogP contribution in [0.4, 0.5) is 13.2 Å². The Kier molecular flexibility index (Phi) is 9.09. The normalized spacial score (nSPS) is 11.5. The summed E-state index contributed by atoms with van der Waals surface area (Å²) in [6.07, 6.45) is -4.37. The third-order valence-electron chi connectivity index (χ3n) is 3.34. The van der Waals surface area contributed by atoms with Crippen molar-refractivity contribution < 1.29 is 27.1 Å². The zero-order chi connectivity index (χ0) is 19.9. The number of aliphatic imine (C=N–C) groups is 1. The van der Waals surface area contributed by atoms with Gasteiger partial charge in [0.2, 0.25) is 0 Å². The summed E-state index contributed by atoms with van der Waals surface area (Å²) in [5, 5.41) is 6.05. The maximum absolute atomic E-state index is 12.1. The van der Waals surface area contributed by atoms with Crippen molar-refractivity contribution in [2.75, 3.05) is 13.7 Å². The molecule has 0 atom stereocenters. The molecule has 0 radical (unpaired) electrons. The van der Waals surface area contributed by atoms with E-state index in [1.54, 1.807) is 25.2 Å². The van der Waals surface area contributed by atoms with Gasteiger partial charge < -0.3 is 25.5 Å². The molecule has 0 bridgehead atoms. The lowest BCUT2D eigenvalue weighted by Gasteiger charge is -2.12. The van der Waals surface area contributed by atoms with Crippen LogP contribution in [0.25, 0.3) is 0 Å². The number of benzene rings is 1. The average Bonchev–Trinajstić information content (AvgIpc) is 3.10. The van der Waals surface area contributed by atoms with Gasteiger partial charge in [-0.15, -0.1) is 24.0 Å². The molecule has 0 spiro atoms.